The van der Waals surface area contributed by atoms with Crippen molar-refractivity contribution in [2.45, 2.75) is 64.6 Å². The van der Waals surface area contributed by atoms with Crippen LogP contribution in [0.4, 0.5) is 5.69 Å². The highest BCUT2D eigenvalue weighted by atomic mass is 16.6. The van der Waals surface area contributed by atoms with E-state index in [1.807, 2.05) is 32.9 Å². The molecule has 0 atom stereocenters. The Bertz CT molecular complexity index is 1040. The quantitative estimate of drug-likeness (QED) is 0.636. The van der Waals surface area contributed by atoms with Crippen LogP contribution in [-0.2, 0) is 21.3 Å². The lowest BCUT2D eigenvalue weighted by molar-refractivity contribution is -0.156. The fourth-order valence-corrected chi connectivity index (χ4v) is 4.68. The molecule has 2 heterocycles. The van der Waals surface area contributed by atoms with Crippen molar-refractivity contribution in [3.63, 3.8) is 0 Å². The van der Waals surface area contributed by atoms with E-state index in [4.69, 9.17) is 14.2 Å². The fourth-order valence-electron chi connectivity index (χ4n) is 4.68. The van der Waals surface area contributed by atoms with Gasteiger partial charge in [0.15, 0.2) is 0 Å². The molecule has 0 bridgehead atoms. The highest BCUT2D eigenvalue weighted by Gasteiger charge is 2.27. The second-order valence-electron chi connectivity index (χ2n) is 10.1. The van der Waals surface area contributed by atoms with Crippen molar-refractivity contribution in [1.82, 2.24) is 9.55 Å². The molecule has 1 aromatic carbocycles. The minimum Gasteiger partial charge on any atom is -0.488 e. The Morgan fingerprint density at radius 1 is 1.15 bits per heavy atom. The van der Waals surface area contributed by atoms with E-state index in [2.05, 4.69) is 9.88 Å². The number of hydrogen-bond acceptors (Lipinski definition) is 7. The fraction of sp³-hybridized carbons (Fsp3) is 0.640. The summed E-state index contributed by atoms with van der Waals surface area (Å²) in [6.07, 6.45) is 5.42. The SMILES string of the molecule is Cn1c(=O)cnc2cc(N3CCOCC3)cc(OC3CCC(CC(=O)OC(C)(C)C)CC3)c21. The number of ether oxygens (including phenoxy) is 3. The van der Waals surface area contributed by atoms with Gasteiger partial charge in [-0.1, -0.05) is 0 Å². The largest absolute Gasteiger partial charge is 0.488 e. The molecule has 1 aliphatic heterocycles. The molecule has 0 amide bonds. The first-order valence-electron chi connectivity index (χ1n) is 11.9. The highest BCUT2D eigenvalue weighted by molar-refractivity contribution is 5.86. The molecule has 0 spiro atoms. The Labute approximate surface area is 194 Å². The van der Waals surface area contributed by atoms with Crippen LogP contribution in [0.25, 0.3) is 11.0 Å². The second-order valence-corrected chi connectivity index (χ2v) is 10.1. The van der Waals surface area contributed by atoms with Crippen LogP contribution in [-0.4, -0.2) is 53.5 Å². The molecule has 1 saturated carbocycles. The summed E-state index contributed by atoms with van der Waals surface area (Å²) in [7, 11) is 1.76. The lowest BCUT2D eigenvalue weighted by Gasteiger charge is -2.31. The topological polar surface area (TPSA) is 82.9 Å². The summed E-state index contributed by atoms with van der Waals surface area (Å²) < 4.78 is 19.1. The van der Waals surface area contributed by atoms with Crippen molar-refractivity contribution >= 4 is 22.7 Å². The Kier molecular flexibility index (Phi) is 6.93. The lowest BCUT2D eigenvalue weighted by Crippen LogP contribution is -2.36. The van der Waals surface area contributed by atoms with E-state index in [0.717, 1.165) is 55.5 Å². The summed E-state index contributed by atoms with van der Waals surface area (Å²) in [5.74, 6) is 0.886. The molecule has 0 unspecified atom stereocenters. The van der Waals surface area contributed by atoms with E-state index in [1.165, 1.54) is 6.20 Å². The summed E-state index contributed by atoms with van der Waals surface area (Å²) in [6, 6.07) is 4.05. The first-order valence-corrected chi connectivity index (χ1v) is 11.9. The van der Waals surface area contributed by atoms with Crippen LogP contribution >= 0.6 is 0 Å². The minimum atomic E-state index is -0.450. The van der Waals surface area contributed by atoms with E-state index >= 15 is 0 Å². The van der Waals surface area contributed by atoms with Crippen LogP contribution in [0.15, 0.2) is 23.1 Å². The molecule has 1 aliphatic carbocycles. The number of morpholine rings is 1. The summed E-state index contributed by atoms with van der Waals surface area (Å²) in [6.45, 7) is 8.69. The maximum absolute atomic E-state index is 12.3. The van der Waals surface area contributed by atoms with Crippen molar-refractivity contribution in [3.8, 4) is 5.75 Å². The standard InChI is InChI=1S/C25H35N3O5/c1-25(2,3)33-23(30)13-17-5-7-19(8-6-17)32-21-15-18(28-9-11-31-12-10-28)14-20-24(21)27(4)22(29)16-26-20/h14-17,19H,5-13H2,1-4H3. The maximum Gasteiger partial charge on any atom is 0.306 e. The normalized spacial score (nSPS) is 21.8. The lowest BCUT2D eigenvalue weighted by atomic mass is 9.85. The number of esters is 1. The van der Waals surface area contributed by atoms with Gasteiger partial charge in [0.2, 0.25) is 0 Å². The number of fused-ring (bicyclic) bond motifs is 1. The summed E-state index contributed by atoms with van der Waals surface area (Å²) in [4.78, 5) is 31.1. The molecule has 4 rings (SSSR count). The zero-order valence-corrected chi connectivity index (χ0v) is 20.1. The number of aryl methyl sites for hydroxylation is 1. The van der Waals surface area contributed by atoms with Crippen LogP contribution in [0.1, 0.15) is 52.9 Å². The molecule has 0 radical (unpaired) electrons. The third kappa shape index (κ3) is 5.85. The van der Waals surface area contributed by atoms with Gasteiger partial charge in [-0.05, 0) is 58.4 Å². The van der Waals surface area contributed by atoms with Crippen molar-refractivity contribution < 1.29 is 19.0 Å². The van der Waals surface area contributed by atoms with Crippen molar-refractivity contribution in [3.05, 3.63) is 28.7 Å². The average molecular weight is 458 g/mol. The van der Waals surface area contributed by atoms with Gasteiger partial charge in [0.25, 0.3) is 5.56 Å². The average Bonchev–Trinajstić information content (AvgIpc) is 2.77. The minimum absolute atomic E-state index is 0.0401. The van der Waals surface area contributed by atoms with Gasteiger partial charge in [0, 0.05) is 38.3 Å². The zero-order valence-electron chi connectivity index (χ0n) is 20.1. The van der Waals surface area contributed by atoms with Gasteiger partial charge in [-0.3, -0.25) is 9.59 Å². The predicted molar refractivity (Wildman–Crippen MR) is 127 cm³/mol. The Hall–Kier alpha value is -2.61. The maximum atomic E-state index is 12.3. The number of hydrogen-bond donors (Lipinski definition) is 0. The molecule has 8 heteroatoms. The van der Waals surface area contributed by atoms with Crippen LogP contribution in [0.3, 0.4) is 0 Å². The van der Waals surface area contributed by atoms with Gasteiger partial charge < -0.3 is 23.7 Å². The number of carbonyl (C=O) groups is 1. The number of aromatic nitrogens is 2. The van der Waals surface area contributed by atoms with Crippen molar-refractivity contribution in [2.75, 3.05) is 31.2 Å². The van der Waals surface area contributed by atoms with Crippen LogP contribution < -0.4 is 15.2 Å². The van der Waals surface area contributed by atoms with Crippen LogP contribution in [0.5, 0.6) is 5.75 Å². The number of benzene rings is 1. The molecule has 1 aromatic heterocycles. The van der Waals surface area contributed by atoms with Gasteiger partial charge in [-0.25, -0.2) is 4.98 Å². The number of anilines is 1. The second kappa shape index (κ2) is 9.71. The molecule has 2 fully saturated rings. The van der Waals surface area contributed by atoms with Gasteiger partial charge >= 0.3 is 5.97 Å². The third-order valence-electron chi connectivity index (χ3n) is 6.36. The molecule has 0 N–H and O–H groups in total. The Morgan fingerprint density at radius 2 is 1.85 bits per heavy atom. The van der Waals surface area contributed by atoms with Crippen molar-refractivity contribution in [2.24, 2.45) is 13.0 Å². The van der Waals surface area contributed by atoms with E-state index in [1.54, 1.807) is 11.6 Å². The number of rotatable bonds is 5. The molecule has 180 valence electrons. The third-order valence-corrected chi connectivity index (χ3v) is 6.36. The molecule has 33 heavy (non-hydrogen) atoms. The Balaban J connectivity index is 1.49. The van der Waals surface area contributed by atoms with Crippen LogP contribution in [0.2, 0.25) is 0 Å². The Morgan fingerprint density at radius 3 is 2.52 bits per heavy atom. The van der Waals surface area contributed by atoms with E-state index < -0.39 is 5.60 Å². The summed E-state index contributed by atoms with van der Waals surface area (Å²) in [5.41, 5.74) is 1.89. The smallest absolute Gasteiger partial charge is 0.306 e. The molecular formula is C25H35N3O5. The van der Waals surface area contributed by atoms with Gasteiger partial charge in [-0.15, -0.1) is 0 Å². The molecule has 2 aliphatic rings. The molecule has 1 saturated heterocycles. The van der Waals surface area contributed by atoms with Crippen LogP contribution in [0, 0.1) is 5.92 Å². The molecular weight excluding hydrogens is 422 g/mol. The van der Waals surface area contributed by atoms with Gasteiger partial charge in [0.05, 0.1) is 31.0 Å². The first-order chi connectivity index (χ1) is 15.7. The van der Waals surface area contributed by atoms with E-state index in [9.17, 15) is 9.59 Å². The zero-order chi connectivity index (χ0) is 23.6. The monoisotopic (exact) mass is 457 g/mol. The number of carbonyl (C=O) groups excluding carboxylic acids is 1. The van der Waals surface area contributed by atoms with E-state index in [0.29, 0.717) is 31.3 Å². The predicted octanol–water partition coefficient (Wildman–Crippen LogP) is 3.44. The van der Waals surface area contributed by atoms with Crippen molar-refractivity contribution in [1.29, 1.82) is 0 Å². The van der Waals surface area contributed by atoms with Gasteiger partial charge in [0.1, 0.15) is 16.9 Å². The van der Waals surface area contributed by atoms with Gasteiger partial charge in [-0.2, -0.15) is 0 Å². The highest BCUT2D eigenvalue weighted by Crippen LogP contribution is 2.35. The van der Waals surface area contributed by atoms with E-state index in [-0.39, 0.29) is 17.6 Å². The molecule has 2 aromatic rings. The molecule has 8 nitrogen and oxygen atoms in total. The number of nitrogens with zero attached hydrogens (tertiary/aromatic N) is 3. The first kappa shape index (κ1) is 23.5. The summed E-state index contributed by atoms with van der Waals surface area (Å²) in [5, 5.41) is 0. The summed E-state index contributed by atoms with van der Waals surface area (Å²) >= 11 is 0.